The molecule has 17 heavy (non-hydrogen) atoms. The zero-order chi connectivity index (χ0) is 12.3. The van der Waals surface area contributed by atoms with Crippen LogP contribution >= 0.6 is 12.2 Å². The van der Waals surface area contributed by atoms with Gasteiger partial charge < -0.3 is 10.6 Å². The van der Waals surface area contributed by atoms with E-state index in [9.17, 15) is 0 Å². The van der Waals surface area contributed by atoms with Crippen molar-refractivity contribution >= 4 is 23.0 Å². The number of aryl methyl sites for hydroxylation is 1. The normalized spacial score (nSPS) is 14.9. The van der Waals surface area contributed by atoms with E-state index in [0.717, 1.165) is 31.7 Å². The first-order chi connectivity index (χ1) is 8.22. The third-order valence-electron chi connectivity index (χ3n) is 2.91. The van der Waals surface area contributed by atoms with Crippen LogP contribution in [0.2, 0.25) is 0 Å². The molecule has 1 saturated carbocycles. The van der Waals surface area contributed by atoms with Crippen molar-refractivity contribution in [1.82, 2.24) is 15.0 Å². The Bertz CT molecular complexity index is 385. The molecule has 1 aromatic heterocycles. The van der Waals surface area contributed by atoms with E-state index < -0.39 is 0 Å². The Morgan fingerprint density at radius 1 is 1.65 bits per heavy atom. The molecular weight excluding hydrogens is 234 g/mol. The molecule has 6 heteroatoms. The summed E-state index contributed by atoms with van der Waals surface area (Å²) in [7, 11) is 0. The average Bonchev–Trinajstić information content (AvgIpc) is 3.01. The van der Waals surface area contributed by atoms with Crippen molar-refractivity contribution < 1.29 is 0 Å². The Labute approximate surface area is 107 Å². The second-order valence-corrected chi connectivity index (χ2v) is 4.98. The van der Waals surface area contributed by atoms with E-state index in [1.54, 1.807) is 0 Å². The summed E-state index contributed by atoms with van der Waals surface area (Å²) in [5.41, 5.74) is 5.58. The maximum atomic E-state index is 5.58. The van der Waals surface area contributed by atoms with Gasteiger partial charge in [0.2, 0.25) is 0 Å². The molecule has 5 nitrogen and oxygen atoms in total. The highest BCUT2D eigenvalue weighted by Gasteiger charge is 2.31. The Morgan fingerprint density at radius 3 is 3.00 bits per heavy atom. The van der Waals surface area contributed by atoms with Gasteiger partial charge in [0, 0.05) is 25.6 Å². The Morgan fingerprint density at radius 2 is 2.41 bits per heavy atom. The van der Waals surface area contributed by atoms with Crippen molar-refractivity contribution in [1.29, 1.82) is 0 Å². The van der Waals surface area contributed by atoms with Crippen LogP contribution in [-0.4, -0.2) is 32.6 Å². The smallest absolute Gasteiger partial charge is 0.147 e. The maximum Gasteiger partial charge on any atom is 0.147 e. The highest BCUT2D eigenvalue weighted by atomic mass is 32.1. The van der Waals surface area contributed by atoms with Gasteiger partial charge in [-0.15, -0.1) is 5.10 Å². The second-order valence-electron chi connectivity index (χ2n) is 4.46. The van der Waals surface area contributed by atoms with Crippen molar-refractivity contribution in [3.63, 3.8) is 0 Å². The molecule has 0 unspecified atom stereocenters. The minimum Gasteiger partial charge on any atom is -0.393 e. The lowest BCUT2D eigenvalue weighted by Gasteiger charge is -2.24. The second kappa shape index (κ2) is 5.44. The van der Waals surface area contributed by atoms with Crippen LogP contribution in [-0.2, 0) is 6.54 Å². The summed E-state index contributed by atoms with van der Waals surface area (Å²) >= 11 is 4.95. The number of nitrogens with two attached hydrogens (primary N) is 1. The quantitative estimate of drug-likeness (QED) is 0.743. The molecule has 0 aliphatic heterocycles. The van der Waals surface area contributed by atoms with Crippen molar-refractivity contribution in [3.05, 3.63) is 6.20 Å². The van der Waals surface area contributed by atoms with Gasteiger partial charge in [0.05, 0.1) is 11.2 Å². The van der Waals surface area contributed by atoms with Crippen molar-refractivity contribution in [3.8, 4) is 0 Å². The summed E-state index contributed by atoms with van der Waals surface area (Å²) in [4.78, 5) is 2.92. The molecule has 1 fully saturated rings. The van der Waals surface area contributed by atoms with E-state index in [-0.39, 0.29) is 0 Å². The molecule has 0 spiro atoms. The molecule has 0 amide bonds. The largest absolute Gasteiger partial charge is 0.393 e. The number of nitrogens with zero attached hydrogens (tertiary/aromatic N) is 4. The maximum absolute atomic E-state index is 5.58. The van der Waals surface area contributed by atoms with Crippen LogP contribution in [0.1, 0.15) is 32.6 Å². The van der Waals surface area contributed by atoms with Gasteiger partial charge in [0.25, 0.3) is 0 Å². The number of rotatable bonds is 7. The monoisotopic (exact) mass is 253 g/mol. The lowest BCUT2D eigenvalue weighted by Crippen LogP contribution is -2.31. The highest BCUT2D eigenvalue weighted by molar-refractivity contribution is 7.80. The number of anilines is 1. The third kappa shape index (κ3) is 3.15. The zero-order valence-electron chi connectivity index (χ0n) is 10.2. The van der Waals surface area contributed by atoms with Crippen LogP contribution in [0.5, 0.6) is 0 Å². The third-order valence-corrected chi connectivity index (χ3v) is 3.12. The van der Waals surface area contributed by atoms with Crippen molar-refractivity contribution in [2.24, 2.45) is 5.73 Å². The molecule has 1 aromatic rings. The minimum absolute atomic E-state index is 0.574. The molecule has 1 aliphatic carbocycles. The Hall–Kier alpha value is -1.17. The molecule has 0 saturated heterocycles. The van der Waals surface area contributed by atoms with E-state index in [4.69, 9.17) is 18.0 Å². The summed E-state index contributed by atoms with van der Waals surface area (Å²) in [6.45, 7) is 3.92. The molecule has 0 bridgehead atoms. The number of hydrogen-bond donors (Lipinski definition) is 1. The van der Waals surface area contributed by atoms with E-state index >= 15 is 0 Å². The van der Waals surface area contributed by atoms with Gasteiger partial charge in [-0.05, 0) is 19.3 Å². The topological polar surface area (TPSA) is 60.0 Å². The highest BCUT2D eigenvalue weighted by Crippen LogP contribution is 2.31. The van der Waals surface area contributed by atoms with Gasteiger partial charge in [-0.3, -0.25) is 0 Å². The van der Waals surface area contributed by atoms with Crippen LogP contribution in [0, 0.1) is 0 Å². The predicted octanol–water partition coefficient (Wildman–Crippen LogP) is 1.33. The summed E-state index contributed by atoms with van der Waals surface area (Å²) in [5, 5.41) is 8.13. The van der Waals surface area contributed by atoms with Gasteiger partial charge in [0.15, 0.2) is 0 Å². The number of hydrogen-bond acceptors (Lipinski definition) is 4. The minimum atomic E-state index is 0.574. The van der Waals surface area contributed by atoms with Gasteiger partial charge in [-0.2, -0.15) is 0 Å². The van der Waals surface area contributed by atoms with Crippen molar-refractivity contribution in [2.75, 3.05) is 11.4 Å². The van der Waals surface area contributed by atoms with E-state index in [2.05, 4.69) is 22.1 Å². The summed E-state index contributed by atoms with van der Waals surface area (Å²) in [5.74, 6) is 1.10. The first-order valence-electron chi connectivity index (χ1n) is 6.15. The molecule has 2 N–H and O–H groups in total. The van der Waals surface area contributed by atoms with Crippen LogP contribution in [0.4, 0.5) is 5.82 Å². The lowest BCUT2D eigenvalue weighted by molar-refractivity contribution is 0.567. The summed E-state index contributed by atoms with van der Waals surface area (Å²) < 4.78 is 1.97. The van der Waals surface area contributed by atoms with Crippen LogP contribution in [0.15, 0.2) is 6.20 Å². The fourth-order valence-electron chi connectivity index (χ4n) is 1.95. The fourth-order valence-corrected chi connectivity index (χ4v) is 2.04. The first kappa shape index (κ1) is 12.3. The molecular formula is C11H19N5S. The summed E-state index contributed by atoms with van der Waals surface area (Å²) in [6.07, 6.45) is 6.14. The Balaban J connectivity index is 2.08. The molecule has 1 heterocycles. The predicted molar refractivity (Wildman–Crippen MR) is 72.1 cm³/mol. The fraction of sp³-hybridized carbons (Fsp3) is 0.727. The Kier molecular flexibility index (Phi) is 3.93. The van der Waals surface area contributed by atoms with Crippen LogP contribution in [0.3, 0.4) is 0 Å². The SMILES string of the molecule is CCCn1nncc1N(CCC(N)=S)C1CC1. The molecule has 94 valence electrons. The van der Waals surface area contributed by atoms with Gasteiger partial charge in [-0.1, -0.05) is 24.4 Å². The van der Waals surface area contributed by atoms with Gasteiger partial charge >= 0.3 is 0 Å². The van der Waals surface area contributed by atoms with E-state index in [1.807, 2.05) is 10.9 Å². The average molecular weight is 253 g/mol. The lowest BCUT2D eigenvalue weighted by atomic mass is 10.3. The molecule has 0 radical (unpaired) electrons. The molecule has 1 aliphatic rings. The zero-order valence-corrected chi connectivity index (χ0v) is 11.0. The van der Waals surface area contributed by atoms with Crippen LogP contribution in [0.25, 0.3) is 0 Å². The number of aromatic nitrogens is 3. The van der Waals surface area contributed by atoms with E-state index in [0.29, 0.717) is 11.0 Å². The standard InChI is InChI=1S/C11H19N5S/c1-2-6-16-11(8-13-14-16)15(9-3-4-9)7-5-10(12)17/h8-9H,2-7H2,1H3,(H2,12,17). The molecule has 2 rings (SSSR count). The first-order valence-corrected chi connectivity index (χ1v) is 6.56. The van der Waals surface area contributed by atoms with E-state index in [1.165, 1.54) is 12.8 Å². The van der Waals surface area contributed by atoms with Crippen molar-refractivity contribution in [2.45, 2.75) is 45.2 Å². The molecule has 0 atom stereocenters. The number of thiocarbonyl (C=S) groups is 1. The van der Waals surface area contributed by atoms with Gasteiger partial charge in [0.1, 0.15) is 5.82 Å². The summed E-state index contributed by atoms with van der Waals surface area (Å²) in [6, 6.07) is 0.624. The van der Waals surface area contributed by atoms with Crippen LogP contribution < -0.4 is 10.6 Å². The molecule has 0 aromatic carbocycles. The van der Waals surface area contributed by atoms with Gasteiger partial charge in [-0.25, -0.2) is 4.68 Å².